The molecule has 0 saturated carbocycles. The lowest BCUT2D eigenvalue weighted by atomic mass is 10.2. The summed E-state index contributed by atoms with van der Waals surface area (Å²) in [6.45, 7) is 1.96. The minimum atomic E-state index is 0.731. The molecular formula is C9H8ClN3. The van der Waals surface area contributed by atoms with Gasteiger partial charge < -0.3 is 0 Å². The summed E-state index contributed by atoms with van der Waals surface area (Å²) in [6, 6.07) is 5.72. The largest absolute Gasteiger partial charge is 0.157 e. The van der Waals surface area contributed by atoms with Gasteiger partial charge in [-0.3, -0.25) is 0 Å². The van der Waals surface area contributed by atoms with E-state index in [0.29, 0.717) is 0 Å². The van der Waals surface area contributed by atoms with Crippen molar-refractivity contribution >= 4 is 11.6 Å². The van der Waals surface area contributed by atoms with Crippen molar-refractivity contribution in [1.82, 2.24) is 15.0 Å². The summed E-state index contributed by atoms with van der Waals surface area (Å²) >= 11 is 5.96. The highest BCUT2D eigenvalue weighted by Gasteiger charge is 2.00. The molecule has 13 heavy (non-hydrogen) atoms. The maximum absolute atomic E-state index is 5.96. The number of rotatable bonds is 1. The second kappa shape index (κ2) is 3.18. The molecule has 0 aliphatic carbocycles. The Morgan fingerprint density at radius 2 is 1.92 bits per heavy atom. The molecule has 0 fully saturated rings. The normalized spacial score (nSPS) is 10.3. The summed E-state index contributed by atoms with van der Waals surface area (Å²) in [5.41, 5.74) is 1.93. The molecule has 0 amide bonds. The number of nitrogens with zero attached hydrogens (tertiary/aromatic N) is 3. The van der Waals surface area contributed by atoms with Crippen molar-refractivity contribution in [3.05, 3.63) is 41.2 Å². The Hall–Kier alpha value is -1.35. The monoisotopic (exact) mass is 193 g/mol. The van der Waals surface area contributed by atoms with Crippen molar-refractivity contribution < 1.29 is 0 Å². The van der Waals surface area contributed by atoms with Gasteiger partial charge in [0.2, 0.25) is 0 Å². The average Bonchev–Trinajstić information content (AvgIpc) is 2.62. The van der Waals surface area contributed by atoms with E-state index >= 15 is 0 Å². The maximum atomic E-state index is 5.96. The van der Waals surface area contributed by atoms with Gasteiger partial charge in [-0.15, -0.1) is 0 Å². The number of hydrogen-bond acceptors (Lipinski definition) is 2. The molecule has 4 heteroatoms. The first kappa shape index (κ1) is 8.26. The summed E-state index contributed by atoms with van der Waals surface area (Å²) in [5, 5.41) is 8.74. The molecule has 1 aromatic heterocycles. The van der Waals surface area contributed by atoms with Gasteiger partial charge in [0, 0.05) is 5.02 Å². The van der Waals surface area contributed by atoms with E-state index < -0.39 is 0 Å². The Morgan fingerprint density at radius 1 is 1.23 bits per heavy atom. The highest BCUT2D eigenvalue weighted by atomic mass is 35.5. The summed E-state index contributed by atoms with van der Waals surface area (Å²) in [7, 11) is 0. The molecule has 0 spiro atoms. The van der Waals surface area contributed by atoms with E-state index in [9.17, 15) is 0 Å². The minimum Gasteiger partial charge on any atom is -0.157 e. The van der Waals surface area contributed by atoms with Crippen molar-refractivity contribution in [3.8, 4) is 5.69 Å². The molecule has 0 saturated heterocycles. The van der Waals surface area contributed by atoms with Crippen molar-refractivity contribution in [2.75, 3.05) is 0 Å². The van der Waals surface area contributed by atoms with E-state index in [1.165, 1.54) is 4.80 Å². The molecule has 2 rings (SSSR count). The van der Waals surface area contributed by atoms with Gasteiger partial charge in [0.15, 0.2) is 0 Å². The topological polar surface area (TPSA) is 30.7 Å². The fraction of sp³-hybridized carbons (Fsp3) is 0.111. The zero-order valence-electron chi connectivity index (χ0n) is 7.11. The van der Waals surface area contributed by atoms with Gasteiger partial charge in [-0.25, -0.2) is 0 Å². The summed E-state index contributed by atoms with van der Waals surface area (Å²) in [5.74, 6) is 0. The Morgan fingerprint density at radius 3 is 2.54 bits per heavy atom. The zero-order chi connectivity index (χ0) is 9.26. The quantitative estimate of drug-likeness (QED) is 0.696. The molecule has 0 unspecified atom stereocenters. The summed E-state index contributed by atoms with van der Waals surface area (Å²) in [6.07, 6.45) is 3.27. The van der Waals surface area contributed by atoms with Crippen LogP contribution >= 0.6 is 11.6 Å². The van der Waals surface area contributed by atoms with Gasteiger partial charge in [-0.05, 0) is 24.6 Å². The lowest BCUT2D eigenvalue weighted by molar-refractivity contribution is 0.752. The zero-order valence-corrected chi connectivity index (χ0v) is 7.86. The van der Waals surface area contributed by atoms with Crippen molar-refractivity contribution in [2.45, 2.75) is 6.92 Å². The maximum Gasteiger partial charge on any atom is 0.0871 e. The Labute approximate surface area is 81.0 Å². The molecular weight excluding hydrogens is 186 g/mol. The minimum absolute atomic E-state index is 0.731. The standard InChI is InChI=1S/C9H8ClN3/c1-7-2-3-8(6-9(7)10)13-11-4-5-12-13/h2-6H,1H3. The highest BCUT2D eigenvalue weighted by molar-refractivity contribution is 6.31. The van der Waals surface area contributed by atoms with Crippen LogP contribution in [-0.4, -0.2) is 15.0 Å². The van der Waals surface area contributed by atoms with Gasteiger partial charge in [0.05, 0.1) is 18.1 Å². The van der Waals surface area contributed by atoms with Crippen LogP contribution in [0.4, 0.5) is 0 Å². The van der Waals surface area contributed by atoms with E-state index in [-0.39, 0.29) is 0 Å². The van der Waals surface area contributed by atoms with Crippen LogP contribution in [0.2, 0.25) is 5.02 Å². The van der Waals surface area contributed by atoms with E-state index in [1.54, 1.807) is 12.4 Å². The number of benzene rings is 1. The first-order valence-electron chi connectivity index (χ1n) is 3.90. The average molecular weight is 194 g/mol. The fourth-order valence-corrected chi connectivity index (χ4v) is 1.23. The van der Waals surface area contributed by atoms with Crippen LogP contribution in [0.3, 0.4) is 0 Å². The predicted molar refractivity (Wildman–Crippen MR) is 51.1 cm³/mol. The van der Waals surface area contributed by atoms with Crippen LogP contribution in [0.5, 0.6) is 0 Å². The van der Waals surface area contributed by atoms with E-state index in [1.807, 2.05) is 25.1 Å². The van der Waals surface area contributed by atoms with Crippen LogP contribution in [0, 0.1) is 6.92 Å². The Kier molecular flexibility index (Phi) is 2.02. The van der Waals surface area contributed by atoms with Crippen molar-refractivity contribution in [3.63, 3.8) is 0 Å². The van der Waals surface area contributed by atoms with Crippen LogP contribution in [-0.2, 0) is 0 Å². The highest BCUT2D eigenvalue weighted by Crippen LogP contribution is 2.17. The molecule has 2 aromatic rings. The lowest BCUT2D eigenvalue weighted by Gasteiger charge is -2.01. The molecule has 0 radical (unpaired) electrons. The third-order valence-electron chi connectivity index (χ3n) is 1.81. The van der Waals surface area contributed by atoms with Crippen molar-refractivity contribution in [1.29, 1.82) is 0 Å². The third-order valence-corrected chi connectivity index (χ3v) is 2.21. The summed E-state index contributed by atoms with van der Waals surface area (Å²) in [4.78, 5) is 1.53. The predicted octanol–water partition coefficient (Wildman–Crippen LogP) is 2.23. The SMILES string of the molecule is Cc1ccc(-n2nccn2)cc1Cl. The van der Waals surface area contributed by atoms with Gasteiger partial charge >= 0.3 is 0 Å². The van der Waals surface area contributed by atoms with E-state index in [0.717, 1.165) is 16.3 Å². The lowest BCUT2D eigenvalue weighted by Crippen LogP contribution is -1.98. The molecule has 0 N–H and O–H groups in total. The summed E-state index contributed by atoms with van der Waals surface area (Å²) < 4.78 is 0. The van der Waals surface area contributed by atoms with Crippen LogP contribution in [0.15, 0.2) is 30.6 Å². The molecule has 1 aromatic carbocycles. The first-order chi connectivity index (χ1) is 6.27. The molecule has 66 valence electrons. The van der Waals surface area contributed by atoms with Crippen LogP contribution in [0.25, 0.3) is 5.69 Å². The number of aryl methyl sites for hydroxylation is 1. The second-order valence-electron chi connectivity index (χ2n) is 2.75. The first-order valence-corrected chi connectivity index (χ1v) is 4.28. The van der Waals surface area contributed by atoms with Crippen LogP contribution in [0.1, 0.15) is 5.56 Å². The fourth-order valence-electron chi connectivity index (χ4n) is 1.06. The molecule has 0 aliphatic heterocycles. The molecule has 1 heterocycles. The van der Waals surface area contributed by atoms with E-state index in [2.05, 4.69) is 10.2 Å². The van der Waals surface area contributed by atoms with Crippen LogP contribution < -0.4 is 0 Å². The van der Waals surface area contributed by atoms with Crippen molar-refractivity contribution in [2.24, 2.45) is 0 Å². The third kappa shape index (κ3) is 1.55. The molecule has 0 bridgehead atoms. The molecule has 3 nitrogen and oxygen atoms in total. The molecule has 0 aliphatic rings. The second-order valence-corrected chi connectivity index (χ2v) is 3.16. The van der Waals surface area contributed by atoms with Gasteiger partial charge in [-0.2, -0.15) is 15.0 Å². The molecule has 0 atom stereocenters. The Bertz CT molecular complexity index is 409. The number of aromatic nitrogens is 3. The van der Waals surface area contributed by atoms with Gasteiger partial charge in [0.1, 0.15) is 0 Å². The van der Waals surface area contributed by atoms with E-state index in [4.69, 9.17) is 11.6 Å². The smallest absolute Gasteiger partial charge is 0.0871 e. The number of halogens is 1. The van der Waals surface area contributed by atoms with Gasteiger partial charge in [0.25, 0.3) is 0 Å². The number of hydrogen-bond donors (Lipinski definition) is 0. The Balaban J connectivity index is 2.49. The van der Waals surface area contributed by atoms with Gasteiger partial charge in [-0.1, -0.05) is 17.7 Å².